The van der Waals surface area contributed by atoms with Gasteiger partial charge >= 0.3 is 0 Å². The maximum atomic E-state index is 2.51. The molecule has 0 unspecified atom stereocenters. The van der Waals surface area contributed by atoms with Crippen LogP contribution in [-0.4, -0.2) is 13.4 Å². The first-order valence-electron chi connectivity index (χ1n) is 23.4. The van der Waals surface area contributed by atoms with E-state index in [4.69, 9.17) is 0 Å². The van der Waals surface area contributed by atoms with Crippen molar-refractivity contribution in [3.8, 4) is 22.3 Å². The van der Waals surface area contributed by atoms with E-state index in [2.05, 4.69) is 217 Å². The Balaban J connectivity index is 1.06. The molecule has 318 valence electrons. The van der Waals surface area contributed by atoms with E-state index in [-0.39, 0.29) is 13.4 Å². The zero-order valence-corrected chi connectivity index (χ0v) is 41.1. The molecule has 0 bridgehead atoms. The van der Waals surface area contributed by atoms with Gasteiger partial charge in [0.15, 0.2) is 0 Å². The van der Waals surface area contributed by atoms with Crippen LogP contribution in [0.15, 0.2) is 143 Å². The fourth-order valence-electron chi connectivity index (χ4n) is 12.2. The fourth-order valence-corrected chi connectivity index (χ4v) is 13.4. The van der Waals surface area contributed by atoms with Crippen LogP contribution >= 0.6 is 11.8 Å². The predicted octanol–water partition coefficient (Wildman–Crippen LogP) is 12.5. The van der Waals surface area contributed by atoms with Crippen LogP contribution in [0.3, 0.4) is 0 Å². The van der Waals surface area contributed by atoms with E-state index in [1.807, 2.05) is 11.8 Å². The van der Waals surface area contributed by atoms with Crippen LogP contribution in [0.25, 0.3) is 43.8 Å². The lowest BCUT2D eigenvalue weighted by atomic mass is 9.34. The van der Waals surface area contributed by atoms with E-state index >= 15 is 0 Å². The number of rotatable bonds is 7. The minimum atomic E-state index is 0.140. The van der Waals surface area contributed by atoms with Crippen LogP contribution in [0.1, 0.15) is 66.8 Å². The average Bonchev–Trinajstić information content (AvgIpc) is 3.24. The van der Waals surface area contributed by atoms with E-state index in [1.165, 1.54) is 153 Å². The monoisotopic (exact) mass is 856 g/mol. The summed E-state index contributed by atoms with van der Waals surface area (Å²) >= 11 is 1.93. The molecule has 0 saturated heterocycles. The molecule has 9 aromatic rings. The van der Waals surface area contributed by atoms with E-state index < -0.39 is 0 Å². The molecule has 0 spiro atoms. The van der Waals surface area contributed by atoms with Gasteiger partial charge < -0.3 is 0 Å². The Hall–Kier alpha value is -6.02. The molecule has 0 radical (unpaired) electrons. The Morgan fingerprint density at radius 1 is 0.323 bits per heavy atom. The molecular formula is C62H58B2S. The molecule has 0 aromatic heterocycles. The standard InChI is InChI=1S/C62H58B2S/c1-35-24-39(5)59(40(6)25-35)63(60-41(7)26-36(2)27-42(60)8)50-20-18-47(19-21-50)48-16-17-49-33-55-52-23-22-51(34-57(52)65-56-15-13-14-53(58(55)56)54(49)32-48)64(61-43(9)28-37(3)29-44(61)10)62-45(11)30-38(4)31-46(62)12/h13-34H,1-12H3. The first kappa shape index (κ1) is 42.9. The van der Waals surface area contributed by atoms with Gasteiger partial charge in [0.2, 0.25) is 13.4 Å². The highest BCUT2D eigenvalue weighted by Crippen LogP contribution is 2.49. The third-order valence-electron chi connectivity index (χ3n) is 14.5. The second-order valence-corrected chi connectivity index (χ2v) is 20.7. The molecule has 1 aliphatic heterocycles. The molecule has 65 heavy (non-hydrogen) atoms. The van der Waals surface area contributed by atoms with Crippen LogP contribution in [0.2, 0.25) is 0 Å². The van der Waals surface area contributed by atoms with Crippen molar-refractivity contribution in [3.05, 3.63) is 200 Å². The molecule has 0 atom stereocenters. The lowest BCUT2D eigenvalue weighted by Crippen LogP contribution is -2.55. The molecule has 0 N–H and O–H groups in total. The summed E-state index contributed by atoms with van der Waals surface area (Å²) in [6.45, 7) is 27.5. The highest BCUT2D eigenvalue weighted by molar-refractivity contribution is 7.99. The Labute approximate surface area is 392 Å². The molecule has 9 aromatic carbocycles. The van der Waals surface area contributed by atoms with Crippen molar-refractivity contribution in [1.82, 2.24) is 0 Å². The highest BCUT2D eigenvalue weighted by atomic mass is 32.2. The third kappa shape index (κ3) is 7.47. The van der Waals surface area contributed by atoms with Crippen LogP contribution in [0, 0.1) is 83.1 Å². The van der Waals surface area contributed by atoms with Crippen molar-refractivity contribution in [2.75, 3.05) is 0 Å². The number of hydrogen-bond acceptors (Lipinski definition) is 1. The van der Waals surface area contributed by atoms with E-state index in [1.54, 1.807) is 0 Å². The second-order valence-electron chi connectivity index (χ2n) is 19.6. The summed E-state index contributed by atoms with van der Waals surface area (Å²) in [6.07, 6.45) is 0. The first-order valence-corrected chi connectivity index (χ1v) is 24.2. The van der Waals surface area contributed by atoms with Crippen molar-refractivity contribution in [3.63, 3.8) is 0 Å². The summed E-state index contributed by atoms with van der Waals surface area (Å²) in [4.78, 5) is 2.66. The molecule has 0 fully saturated rings. The summed E-state index contributed by atoms with van der Waals surface area (Å²) < 4.78 is 0. The molecule has 1 heterocycles. The maximum absolute atomic E-state index is 2.51. The lowest BCUT2D eigenvalue weighted by Gasteiger charge is -2.27. The zero-order valence-electron chi connectivity index (χ0n) is 40.3. The Bertz CT molecular complexity index is 3220. The Kier molecular flexibility index (Phi) is 10.9. The first-order chi connectivity index (χ1) is 31.1. The summed E-state index contributed by atoms with van der Waals surface area (Å²) in [7, 11) is 0. The number of benzene rings is 9. The Morgan fingerprint density at radius 2 is 0.754 bits per heavy atom. The van der Waals surface area contributed by atoms with Gasteiger partial charge in [-0.1, -0.05) is 227 Å². The van der Waals surface area contributed by atoms with Gasteiger partial charge in [-0.25, -0.2) is 0 Å². The van der Waals surface area contributed by atoms with Crippen molar-refractivity contribution < 1.29 is 0 Å². The topological polar surface area (TPSA) is 0 Å². The van der Waals surface area contributed by atoms with Gasteiger partial charge in [0, 0.05) is 15.2 Å². The van der Waals surface area contributed by atoms with Gasteiger partial charge in [-0.3, -0.25) is 0 Å². The van der Waals surface area contributed by atoms with Crippen molar-refractivity contribution in [2.45, 2.75) is 92.9 Å². The Morgan fingerprint density at radius 3 is 1.23 bits per heavy atom. The lowest BCUT2D eigenvalue weighted by molar-refractivity contribution is 1.33. The largest absolute Gasteiger partial charge is 0.242 e. The normalized spacial score (nSPS) is 11.9. The minimum absolute atomic E-state index is 0.140. The van der Waals surface area contributed by atoms with E-state index in [0.29, 0.717) is 0 Å². The molecule has 1 aliphatic rings. The predicted molar refractivity (Wildman–Crippen MR) is 288 cm³/mol. The maximum Gasteiger partial charge on any atom is 0.242 e. The fraction of sp³-hybridized carbons (Fsp3) is 0.194. The third-order valence-corrected chi connectivity index (χ3v) is 15.6. The molecule has 0 aliphatic carbocycles. The summed E-state index contributed by atoms with van der Waals surface area (Å²) in [5.74, 6) is 0. The van der Waals surface area contributed by atoms with Gasteiger partial charge in [0.05, 0.1) is 0 Å². The summed E-state index contributed by atoms with van der Waals surface area (Å²) in [5, 5.41) is 5.26. The van der Waals surface area contributed by atoms with Gasteiger partial charge in [0.1, 0.15) is 0 Å². The quantitative estimate of drug-likeness (QED) is 0.114. The molecule has 0 amide bonds. The van der Waals surface area contributed by atoms with Gasteiger partial charge in [0.25, 0.3) is 0 Å². The van der Waals surface area contributed by atoms with E-state index in [0.717, 1.165) is 0 Å². The minimum Gasteiger partial charge on any atom is -0.0888 e. The van der Waals surface area contributed by atoms with Crippen LogP contribution < -0.4 is 32.8 Å². The molecule has 10 rings (SSSR count). The van der Waals surface area contributed by atoms with E-state index in [9.17, 15) is 0 Å². The molecule has 3 heteroatoms. The molecule has 0 nitrogen and oxygen atoms in total. The zero-order chi connectivity index (χ0) is 45.6. The summed E-state index contributed by atoms with van der Waals surface area (Å²) in [6, 6.07) is 52.1. The van der Waals surface area contributed by atoms with Crippen molar-refractivity contribution in [2.24, 2.45) is 0 Å². The van der Waals surface area contributed by atoms with Crippen molar-refractivity contribution >= 4 is 79.5 Å². The molecular weight excluding hydrogens is 798 g/mol. The van der Waals surface area contributed by atoms with Crippen LogP contribution in [0.4, 0.5) is 0 Å². The number of hydrogen-bond donors (Lipinski definition) is 0. The SMILES string of the molecule is Cc1cc(C)c(B(c2ccc(-c3ccc4cc5c6c(cccc6c4c3)Sc3cc(B(c4c(C)cc(C)cc4C)c4c(C)cc(C)cc4C)ccc3-5)cc2)c2c(C)cc(C)cc2C)c(C)c1. The van der Waals surface area contributed by atoms with Gasteiger partial charge in [-0.2, -0.15) is 0 Å². The van der Waals surface area contributed by atoms with Crippen LogP contribution in [0.5, 0.6) is 0 Å². The van der Waals surface area contributed by atoms with Gasteiger partial charge in [-0.05, 0) is 140 Å². The summed E-state index contributed by atoms with van der Waals surface area (Å²) in [5.41, 5.74) is 29.7. The van der Waals surface area contributed by atoms with Crippen LogP contribution in [-0.2, 0) is 0 Å². The number of aryl methyl sites for hydroxylation is 12. The average molecular weight is 857 g/mol. The molecule has 0 saturated carbocycles. The second kappa shape index (κ2) is 16.4. The number of fused-ring (bicyclic) bond motifs is 4. The highest BCUT2D eigenvalue weighted by Gasteiger charge is 2.31. The van der Waals surface area contributed by atoms with Gasteiger partial charge in [-0.15, -0.1) is 0 Å². The van der Waals surface area contributed by atoms with Crippen molar-refractivity contribution in [1.29, 1.82) is 0 Å². The smallest absolute Gasteiger partial charge is 0.0888 e.